The molecule has 3 aromatic rings. The first kappa shape index (κ1) is 18.8. The Kier molecular flexibility index (Phi) is 5.37. The molecular weight excluding hydrogens is 379 g/mol. The molecule has 0 aliphatic carbocycles. The van der Waals surface area contributed by atoms with Gasteiger partial charge in [-0.3, -0.25) is 4.79 Å². The average Bonchev–Trinajstić information content (AvgIpc) is 3.14. The second-order valence-electron chi connectivity index (χ2n) is 5.58. The van der Waals surface area contributed by atoms with Crippen LogP contribution >= 0.6 is 11.6 Å². The highest BCUT2D eigenvalue weighted by Gasteiger charge is 2.34. The lowest BCUT2D eigenvalue weighted by Crippen LogP contribution is -2.17. The van der Waals surface area contributed by atoms with E-state index >= 15 is 0 Å². The highest BCUT2D eigenvalue weighted by molar-refractivity contribution is 6.31. The Morgan fingerprint density at radius 3 is 2.41 bits per heavy atom. The molecule has 3 rings (SSSR count). The maximum absolute atomic E-state index is 13.3. The molecule has 7 heteroatoms. The fourth-order valence-electron chi connectivity index (χ4n) is 2.46. The number of benzene rings is 2. The maximum atomic E-state index is 13.3. The van der Waals surface area contributed by atoms with Gasteiger partial charge in [0.15, 0.2) is 0 Å². The van der Waals surface area contributed by atoms with Gasteiger partial charge < -0.3 is 9.73 Å². The van der Waals surface area contributed by atoms with Gasteiger partial charge in [0.05, 0.1) is 23.1 Å². The molecule has 1 N–H and O–H groups in total. The molecule has 0 atom stereocenters. The highest BCUT2D eigenvalue weighted by atomic mass is 35.5. The third-order valence-electron chi connectivity index (χ3n) is 3.69. The Morgan fingerprint density at radius 1 is 1.04 bits per heavy atom. The number of alkyl halides is 3. The minimum absolute atomic E-state index is 0.0743. The number of nitrogens with one attached hydrogen (secondary N) is 1. The van der Waals surface area contributed by atoms with E-state index in [9.17, 15) is 18.0 Å². The van der Waals surface area contributed by atoms with Crippen molar-refractivity contribution in [3.05, 3.63) is 88.8 Å². The Labute approximate surface area is 158 Å². The van der Waals surface area contributed by atoms with Gasteiger partial charge in [0.25, 0.3) is 5.91 Å². The molecular formula is C20H13ClF3NO2. The number of hydrogen-bond acceptors (Lipinski definition) is 2. The molecule has 0 fully saturated rings. The summed E-state index contributed by atoms with van der Waals surface area (Å²) in [6.45, 7) is 0. The number of rotatable bonds is 4. The van der Waals surface area contributed by atoms with E-state index in [1.165, 1.54) is 18.4 Å². The van der Waals surface area contributed by atoms with Gasteiger partial charge in [-0.2, -0.15) is 13.2 Å². The third kappa shape index (κ3) is 4.60. The monoisotopic (exact) mass is 391 g/mol. The first-order valence-electron chi connectivity index (χ1n) is 7.83. The topological polar surface area (TPSA) is 42.2 Å². The van der Waals surface area contributed by atoms with E-state index in [0.29, 0.717) is 11.3 Å². The van der Waals surface area contributed by atoms with Crippen LogP contribution < -0.4 is 5.32 Å². The summed E-state index contributed by atoms with van der Waals surface area (Å²) in [5, 5.41) is 2.25. The predicted molar refractivity (Wildman–Crippen MR) is 98.1 cm³/mol. The van der Waals surface area contributed by atoms with Crippen molar-refractivity contribution < 1.29 is 22.4 Å². The van der Waals surface area contributed by atoms with Crippen molar-refractivity contribution in [2.75, 3.05) is 5.32 Å². The van der Waals surface area contributed by atoms with E-state index in [2.05, 4.69) is 5.32 Å². The Bertz CT molecular complexity index is 965. The number of anilines is 1. The molecule has 0 spiro atoms. The van der Waals surface area contributed by atoms with E-state index in [4.69, 9.17) is 16.0 Å². The van der Waals surface area contributed by atoms with Gasteiger partial charge in [0.1, 0.15) is 5.76 Å². The van der Waals surface area contributed by atoms with E-state index in [1.54, 1.807) is 42.5 Å². The molecule has 138 valence electrons. The van der Waals surface area contributed by atoms with Crippen molar-refractivity contribution in [2.45, 2.75) is 6.18 Å². The van der Waals surface area contributed by atoms with Crippen molar-refractivity contribution in [1.82, 2.24) is 0 Å². The smallest absolute Gasteiger partial charge is 0.418 e. The van der Waals surface area contributed by atoms with Gasteiger partial charge in [-0.1, -0.05) is 41.9 Å². The third-order valence-corrected chi connectivity index (χ3v) is 3.93. The van der Waals surface area contributed by atoms with Gasteiger partial charge >= 0.3 is 6.18 Å². The van der Waals surface area contributed by atoms with Crippen LogP contribution in [0.15, 0.2) is 71.3 Å². The molecule has 0 aliphatic heterocycles. The van der Waals surface area contributed by atoms with Gasteiger partial charge in [-0.05, 0) is 42.0 Å². The van der Waals surface area contributed by atoms with Crippen molar-refractivity contribution in [1.29, 1.82) is 0 Å². The van der Waals surface area contributed by atoms with E-state index in [-0.39, 0.29) is 16.3 Å². The summed E-state index contributed by atoms with van der Waals surface area (Å²) >= 11 is 5.68. The predicted octanol–water partition coefficient (Wildman–Crippen LogP) is 6.13. The summed E-state index contributed by atoms with van der Waals surface area (Å²) in [5.74, 6) is -0.304. The summed E-state index contributed by atoms with van der Waals surface area (Å²) in [6.07, 6.45) is -1.76. The van der Waals surface area contributed by atoms with Crippen molar-refractivity contribution in [2.24, 2.45) is 0 Å². The second kappa shape index (κ2) is 7.72. The fourth-order valence-corrected chi connectivity index (χ4v) is 2.64. The van der Waals surface area contributed by atoms with E-state index < -0.39 is 17.6 Å². The van der Waals surface area contributed by atoms with E-state index in [1.807, 2.05) is 0 Å². The number of halogens is 4. The summed E-state index contributed by atoms with van der Waals surface area (Å²) in [5.41, 5.74) is -0.700. The number of carbonyl (C=O) groups is 1. The molecule has 2 aromatic carbocycles. The van der Waals surface area contributed by atoms with Crippen LogP contribution in [0.4, 0.5) is 18.9 Å². The van der Waals surface area contributed by atoms with Crippen LogP contribution in [0.5, 0.6) is 0 Å². The van der Waals surface area contributed by atoms with Crippen LogP contribution in [0.2, 0.25) is 5.02 Å². The van der Waals surface area contributed by atoms with Crippen LogP contribution in [0, 0.1) is 0 Å². The molecule has 27 heavy (non-hydrogen) atoms. The molecule has 1 aromatic heterocycles. The first-order valence-corrected chi connectivity index (χ1v) is 8.21. The van der Waals surface area contributed by atoms with Crippen molar-refractivity contribution in [3.63, 3.8) is 0 Å². The molecule has 1 amide bonds. The quantitative estimate of drug-likeness (QED) is 0.543. The van der Waals surface area contributed by atoms with Crippen LogP contribution in [-0.4, -0.2) is 5.91 Å². The summed E-state index contributed by atoms with van der Waals surface area (Å²) in [7, 11) is 0. The van der Waals surface area contributed by atoms with Gasteiger partial charge in [-0.25, -0.2) is 0 Å². The van der Waals surface area contributed by atoms with Crippen LogP contribution in [0.1, 0.15) is 16.9 Å². The number of furan rings is 1. The molecule has 0 radical (unpaired) electrons. The summed E-state index contributed by atoms with van der Waals surface area (Å²) in [6, 6.07) is 15.0. The van der Waals surface area contributed by atoms with Crippen LogP contribution in [0.25, 0.3) is 11.6 Å². The second-order valence-corrected chi connectivity index (χ2v) is 6.02. The molecule has 3 nitrogen and oxygen atoms in total. The van der Waals surface area contributed by atoms with E-state index in [0.717, 1.165) is 12.1 Å². The number of amides is 1. The van der Waals surface area contributed by atoms with Crippen LogP contribution in [-0.2, 0) is 11.0 Å². The molecule has 0 unspecified atom stereocenters. The lowest BCUT2D eigenvalue weighted by atomic mass is 10.0. The summed E-state index contributed by atoms with van der Waals surface area (Å²) in [4.78, 5) is 12.8. The van der Waals surface area contributed by atoms with Crippen LogP contribution in [0.3, 0.4) is 0 Å². The number of hydrogen-bond donors (Lipinski definition) is 1. The molecule has 0 saturated heterocycles. The Balaban J connectivity index is 2.00. The minimum atomic E-state index is -4.66. The normalized spacial score (nSPS) is 12.1. The fraction of sp³-hybridized carbons (Fsp3) is 0.0500. The molecule has 0 bridgehead atoms. The number of carbonyl (C=O) groups excluding carboxylic acids is 1. The molecule has 0 aliphatic rings. The lowest BCUT2D eigenvalue weighted by Gasteiger charge is -2.15. The maximum Gasteiger partial charge on any atom is 0.418 e. The molecule has 0 saturated carbocycles. The summed E-state index contributed by atoms with van der Waals surface area (Å²) < 4.78 is 45.0. The SMILES string of the molecule is O=C(Nc1ccc(Cl)cc1C(F)(F)F)/C(=C\c1ccco1)c1ccccc1. The first-order chi connectivity index (χ1) is 12.8. The van der Waals surface area contributed by atoms with Gasteiger partial charge in [0, 0.05) is 5.02 Å². The zero-order valence-electron chi connectivity index (χ0n) is 13.8. The largest absolute Gasteiger partial charge is 0.465 e. The zero-order chi connectivity index (χ0) is 19.4. The van der Waals surface area contributed by atoms with Crippen molar-refractivity contribution >= 4 is 34.8 Å². The Hall–Kier alpha value is -2.99. The minimum Gasteiger partial charge on any atom is -0.465 e. The van der Waals surface area contributed by atoms with Gasteiger partial charge in [-0.15, -0.1) is 0 Å². The van der Waals surface area contributed by atoms with Gasteiger partial charge in [0.2, 0.25) is 0 Å². The lowest BCUT2D eigenvalue weighted by molar-refractivity contribution is -0.136. The molecule has 1 heterocycles. The van der Waals surface area contributed by atoms with Crippen molar-refractivity contribution in [3.8, 4) is 0 Å². The standard InChI is InChI=1S/C20H13ClF3NO2/c21-14-8-9-18(17(11-14)20(22,23)24)25-19(26)16(12-15-7-4-10-27-15)13-5-2-1-3-6-13/h1-12H,(H,25,26)/b16-12-. The Morgan fingerprint density at radius 2 is 1.78 bits per heavy atom. The zero-order valence-corrected chi connectivity index (χ0v) is 14.5. The average molecular weight is 392 g/mol. The highest BCUT2D eigenvalue weighted by Crippen LogP contribution is 2.37.